The molecule has 0 saturated heterocycles. The second-order valence-corrected chi connectivity index (χ2v) is 5.74. The fourth-order valence-electron chi connectivity index (χ4n) is 2.46. The Morgan fingerprint density at radius 1 is 0.966 bits per heavy atom. The van der Waals surface area contributed by atoms with Crippen LogP contribution in [-0.4, -0.2) is 23.4 Å². The first kappa shape index (κ1) is 19.9. The Morgan fingerprint density at radius 2 is 1.62 bits per heavy atom. The summed E-state index contributed by atoms with van der Waals surface area (Å²) < 4.78 is 43.7. The van der Waals surface area contributed by atoms with Gasteiger partial charge in [-0.2, -0.15) is 0 Å². The number of halogens is 2. The Kier molecular flexibility index (Phi) is 6.13. The normalized spacial score (nSPS) is 11.4. The van der Waals surface area contributed by atoms with Crippen LogP contribution >= 0.6 is 0 Å². The Balaban J connectivity index is 1.91. The van der Waals surface area contributed by atoms with Crippen LogP contribution < -0.4 is 9.47 Å². The van der Waals surface area contributed by atoms with E-state index >= 15 is 0 Å². The second-order valence-electron chi connectivity index (χ2n) is 5.74. The summed E-state index contributed by atoms with van der Waals surface area (Å²) in [6.07, 6.45) is 1.79. The largest absolute Gasteiger partial charge is 0.501 e. The van der Waals surface area contributed by atoms with E-state index in [0.717, 1.165) is 18.5 Å². The van der Waals surface area contributed by atoms with Crippen LogP contribution in [0.4, 0.5) is 8.78 Å². The molecule has 6 nitrogen and oxygen atoms in total. The smallest absolute Gasteiger partial charge is 0.226 e. The highest BCUT2D eigenvalue weighted by atomic mass is 19.1. The van der Waals surface area contributed by atoms with Crippen molar-refractivity contribution in [1.29, 1.82) is 0 Å². The first-order valence-corrected chi connectivity index (χ1v) is 8.44. The zero-order chi connectivity index (χ0) is 20.8. The zero-order valence-corrected chi connectivity index (χ0v) is 15.6. The highest BCUT2D eigenvalue weighted by Crippen LogP contribution is 2.32. The summed E-state index contributed by atoms with van der Waals surface area (Å²) >= 11 is 0. The molecule has 8 heteroatoms. The lowest BCUT2D eigenvalue weighted by Gasteiger charge is -2.12. The molecule has 0 spiro atoms. The van der Waals surface area contributed by atoms with E-state index in [0.29, 0.717) is 28.9 Å². The van der Waals surface area contributed by atoms with Crippen LogP contribution in [0.3, 0.4) is 0 Å². The number of aldehydes is 1. The number of nitrogens with zero attached hydrogens (tertiary/aromatic N) is 2. The van der Waals surface area contributed by atoms with Gasteiger partial charge in [0.2, 0.25) is 17.5 Å². The van der Waals surface area contributed by atoms with Crippen molar-refractivity contribution < 1.29 is 27.8 Å². The number of methoxy groups -OCH3 is 1. The maximum Gasteiger partial charge on any atom is 0.226 e. The Labute approximate surface area is 165 Å². The molecule has 0 aliphatic rings. The number of ether oxygens (including phenoxy) is 3. The van der Waals surface area contributed by atoms with Crippen LogP contribution in [0, 0.1) is 11.6 Å². The van der Waals surface area contributed by atoms with E-state index in [1.54, 1.807) is 31.2 Å². The summed E-state index contributed by atoms with van der Waals surface area (Å²) in [5.74, 6) is -1.64. The molecule has 3 aromatic rings. The van der Waals surface area contributed by atoms with Crippen molar-refractivity contribution in [1.82, 2.24) is 9.97 Å². The SMILES string of the molecule is CO/C(C)=C(/C=O)c1ccccc1Oc1cc(Oc2c(F)cccc2F)ncn1. The van der Waals surface area contributed by atoms with E-state index in [1.807, 2.05) is 0 Å². The number of hydrogen-bond acceptors (Lipinski definition) is 6. The van der Waals surface area contributed by atoms with Gasteiger partial charge in [-0.25, -0.2) is 18.7 Å². The van der Waals surface area contributed by atoms with Crippen LogP contribution in [-0.2, 0) is 9.53 Å². The molecule has 148 valence electrons. The minimum Gasteiger partial charge on any atom is -0.501 e. The molecule has 1 aromatic heterocycles. The second kappa shape index (κ2) is 8.92. The van der Waals surface area contributed by atoms with E-state index in [2.05, 4.69) is 9.97 Å². The van der Waals surface area contributed by atoms with Gasteiger partial charge in [0.05, 0.1) is 18.7 Å². The van der Waals surface area contributed by atoms with Gasteiger partial charge in [-0.05, 0) is 25.1 Å². The third-order valence-electron chi connectivity index (χ3n) is 3.94. The molecule has 29 heavy (non-hydrogen) atoms. The highest BCUT2D eigenvalue weighted by molar-refractivity contribution is 6.08. The lowest BCUT2D eigenvalue weighted by atomic mass is 10.1. The van der Waals surface area contributed by atoms with Gasteiger partial charge < -0.3 is 14.2 Å². The third-order valence-corrected chi connectivity index (χ3v) is 3.94. The average molecular weight is 398 g/mol. The van der Waals surface area contributed by atoms with Crippen LogP contribution in [0.25, 0.3) is 5.57 Å². The molecular formula is C21H16F2N2O4. The number of rotatable bonds is 7. The van der Waals surface area contributed by atoms with E-state index < -0.39 is 17.4 Å². The van der Waals surface area contributed by atoms with Crippen molar-refractivity contribution in [2.45, 2.75) is 6.92 Å². The Morgan fingerprint density at radius 3 is 2.28 bits per heavy atom. The summed E-state index contributed by atoms with van der Waals surface area (Å²) in [4.78, 5) is 19.3. The van der Waals surface area contributed by atoms with Crippen molar-refractivity contribution in [2.75, 3.05) is 7.11 Å². The summed E-state index contributed by atoms with van der Waals surface area (Å²) in [6, 6.07) is 11.4. The van der Waals surface area contributed by atoms with E-state index in [9.17, 15) is 13.6 Å². The van der Waals surface area contributed by atoms with Gasteiger partial charge in [-0.1, -0.05) is 24.3 Å². The summed E-state index contributed by atoms with van der Waals surface area (Å²) in [6.45, 7) is 1.65. The molecule has 0 fully saturated rings. The molecule has 0 aliphatic carbocycles. The van der Waals surface area contributed by atoms with Crippen LogP contribution in [0.5, 0.6) is 23.3 Å². The summed E-state index contributed by atoms with van der Waals surface area (Å²) in [5.41, 5.74) is 0.796. The fourth-order valence-corrected chi connectivity index (χ4v) is 2.46. The van der Waals surface area contributed by atoms with Gasteiger partial charge >= 0.3 is 0 Å². The molecular weight excluding hydrogens is 382 g/mol. The Bertz CT molecular complexity index is 1050. The zero-order valence-electron chi connectivity index (χ0n) is 15.6. The molecule has 2 aromatic carbocycles. The van der Waals surface area contributed by atoms with E-state index in [4.69, 9.17) is 14.2 Å². The molecule has 0 amide bonds. The van der Waals surface area contributed by atoms with Crippen LogP contribution in [0.15, 0.2) is 60.6 Å². The average Bonchev–Trinajstić information content (AvgIpc) is 2.73. The minimum atomic E-state index is -0.868. The fraction of sp³-hybridized carbons (Fsp3) is 0.0952. The molecule has 0 aliphatic heterocycles. The van der Waals surface area contributed by atoms with Gasteiger partial charge in [0, 0.05) is 5.56 Å². The van der Waals surface area contributed by atoms with Crippen molar-refractivity contribution in [2.24, 2.45) is 0 Å². The van der Waals surface area contributed by atoms with Crippen molar-refractivity contribution in [3.8, 4) is 23.3 Å². The lowest BCUT2D eigenvalue weighted by molar-refractivity contribution is -0.103. The monoisotopic (exact) mass is 398 g/mol. The lowest BCUT2D eigenvalue weighted by Crippen LogP contribution is -1.99. The molecule has 1 heterocycles. The number of aromatic nitrogens is 2. The van der Waals surface area contributed by atoms with Gasteiger partial charge in [0.15, 0.2) is 17.9 Å². The Hall–Kier alpha value is -3.81. The number of para-hydroxylation sites is 2. The van der Waals surface area contributed by atoms with E-state index in [-0.39, 0.29) is 11.8 Å². The maximum atomic E-state index is 13.8. The van der Waals surface area contributed by atoms with Gasteiger partial charge in [-0.3, -0.25) is 4.79 Å². The first-order chi connectivity index (χ1) is 14.0. The molecule has 0 unspecified atom stereocenters. The molecule has 3 rings (SSSR count). The summed E-state index contributed by atoms with van der Waals surface area (Å²) in [5, 5.41) is 0. The predicted octanol–water partition coefficient (Wildman–Crippen LogP) is 4.92. The summed E-state index contributed by atoms with van der Waals surface area (Å²) in [7, 11) is 1.46. The number of carbonyl (C=O) groups is 1. The van der Waals surface area contributed by atoms with Crippen molar-refractivity contribution in [3.05, 3.63) is 77.8 Å². The predicted molar refractivity (Wildman–Crippen MR) is 101 cm³/mol. The van der Waals surface area contributed by atoms with E-state index in [1.165, 1.54) is 19.2 Å². The van der Waals surface area contributed by atoms with Gasteiger partial charge in [0.1, 0.15) is 17.8 Å². The maximum absolute atomic E-state index is 13.8. The number of benzene rings is 2. The number of carbonyl (C=O) groups excluding carboxylic acids is 1. The standard InChI is InChI=1S/C21H16F2N2O4/c1-13(27-2)15(11-26)14-6-3-4-9-18(14)28-19-10-20(25-12-24-19)29-21-16(22)7-5-8-17(21)23/h3-12H,1-2H3/b15-13-. The van der Waals surface area contributed by atoms with Crippen molar-refractivity contribution in [3.63, 3.8) is 0 Å². The highest BCUT2D eigenvalue weighted by Gasteiger charge is 2.15. The molecule has 0 bridgehead atoms. The van der Waals surface area contributed by atoms with Crippen molar-refractivity contribution >= 4 is 11.9 Å². The van der Waals surface area contributed by atoms with Crippen LogP contribution in [0.2, 0.25) is 0 Å². The van der Waals surface area contributed by atoms with Gasteiger partial charge in [-0.15, -0.1) is 0 Å². The number of allylic oxidation sites excluding steroid dienone is 2. The molecule has 0 N–H and O–H groups in total. The molecule has 0 atom stereocenters. The minimum absolute atomic E-state index is 0.0551. The van der Waals surface area contributed by atoms with Gasteiger partial charge in [0.25, 0.3) is 0 Å². The molecule has 0 radical (unpaired) electrons. The quantitative estimate of drug-likeness (QED) is 0.320. The number of hydrogen-bond donors (Lipinski definition) is 0. The van der Waals surface area contributed by atoms with Crippen LogP contribution in [0.1, 0.15) is 12.5 Å². The topological polar surface area (TPSA) is 70.5 Å². The molecule has 0 saturated carbocycles. The first-order valence-electron chi connectivity index (χ1n) is 8.44. The third kappa shape index (κ3) is 4.55.